The largest absolute Gasteiger partial charge is 0.493 e. The normalized spacial score (nSPS) is 10.6. The number of aromatic nitrogens is 2. The SMILES string of the molecule is COc1ccccc1OCCN(C)C(=O)Cn1cnc2ccccc2c1=O. The highest BCUT2D eigenvalue weighted by molar-refractivity contribution is 5.78. The van der Waals surface area contributed by atoms with Crippen molar-refractivity contribution in [3.05, 3.63) is 65.2 Å². The van der Waals surface area contributed by atoms with Crippen molar-refractivity contribution in [2.75, 3.05) is 27.3 Å². The number of carbonyl (C=O) groups excluding carboxylic acids is 1. The van der Waals surface area contributed by atoms with Crippen LogP contribution in [0.2, 0.25) is 0 Å². The molecule has 0 bridgehead atoms. The third-order valence-electron chi connectivity index (χ3n) is 4.22. The molecule has 0 aliphatic carbocycles. The fourth-order valence-corrected chi connectivity index (χ4v) is 2.64. The lowest BCUT2D eigenvalue weighted by Gasteiger charge is -2.18. The van der Waals surface area contributed by atoms with Gasteiger partial charge in [-0.05, 0) is 24.3 Å². The number of amides is 1. The highest BCUT2D eigenvalue weighted by Gasteiger charge is 2.12. The number of nitrogens with zero attached hydrogens (tertiary/aromatic N) is 3. The highest BCUT2D eigenvalue weighted by atomic mass is 16.5. The van der Waals surface area contributed by atoms with Crippen molar-refractivity contribution in [1.29, 1.82) is 0 Å². The van der Waals surface area contributed by atoms with Crippen molar-refractivity contribution in [2.24, 2.45) is 0 Å². The molecule has 0 saturated carbocycles. The molecule has 3 aromatic rings. The van der Waals surface area contributed by atoms with Gasteiger partial charge in [-0.1, -0.05) is 24.3 Å². The lowest BCUT2D eigenvalue weighted by Crippen LogP contribution is -2.36. The summed E-state index contributed by atoms with van der Waals surface area (Å²) in [6.45, 7) is 0.627. The molecular formula is C20H21N3O4. The zero-order valence-corrected chi connectivity index (χ0v) is 15.3. The van der Waals surface area contributed by atoms with Crippen LogP contribution in [0.4, 0.5) is 0 Å². The smallest absolute Gasteiger partial charge is 0.261 e. The lowest BCUT2D eigenvalue weighted by atomic mass is 10.2. The van der Waals surface area contributed by atoms with E-state index < -0.39 is 0 Å². The number of methoxy groups -OCH3 is 1. The van der Waals surface area contributed by atoms with Crippen molar-refractivity contribution >= 4 is 16.8 Å². The van der Waals surface area contributed by atoms with Gasteiger partial charge in [0.05, 0.1) is 30.9 Å². The van der Waals surface area contributed by atoms with Gasteiger partial charge in [0.2, 0.25) is 5.91 Å². The minimum atomic E-state index is -0.229. The van der Waals surface area contributed by atoms with Gasteiger partial charge in [-0.2, -0.15) is 0 Å². The molecule has 1 amide bonds. The Morgan fingerprint density at radius 1 is 1.11 bits per heavy atom. The van der Waals surface area contributed by atoms with Crippen LogP contribution < -0.4 is 15.0 Å². The average Bonchev–Trinajstić information content (AvgIpc) is 2.70. The van der Waals surface area contributed by atoms with E-state index >= 15 is 0 Å². The average molecular weight is 367 g/mol. The summed E-state index contributed by atoms with van der Waals surface area (Å²) in [5.74, 6) is 1.06. The molecule has 0 aliphatic rings. The molecule has 140 valence electrons. The maximum absolute atomic E-state index is 12.5. The van der Waals surface area contributed by atoms with Crippen LogP contribution in [0, 0.1) is 0 Å². The van der Waals surface area contributed by atoms with Gasteiger partial charge in [-0.25, -0.2) is 4.98 Å². The van der Waals surface area contributed by atoms with Crippen LogP contribution in [0.25, 0.3) is 10.9 Å². The number of para-hydroxylation sites is 3. The van der Waals surface area contributed by atoms with Crippen LogP contribution in [-0.4, -0.2) is 47.7 Å². The van der Waals surface area contributed by atoms with Crippen molar-refractivity contribution in [3.63, 3.8) is 0 Å². The monoisotopic (exact) mass is 367 g/mol. The molecule has 0 aliphatic heterocycles. The summed E-state index contributed by atoms with van der Waals surface area (Å²) in [6.07, 6.45) is 1.40. The first kappa shape index (κ1) is 18.4. The summed E-state index contributed by atoms with van der Waals surface area (Å²) >= 11 is 0. The quantitative estimate of drug-likeness (QED) is 0.638. The second kappa shape index (κ2) is 8.35. The van der Waals surface area contributed by atoms with E-state index in [1.165, 1.54) is 15.8 Å². The minimum absolute atomic E-state index is 0.0676. The zero-order chi connectivity index (χ0) is 19.2. The Morgan fingerprint density at radius 3 is 2.59 bits per heavy atom. The Morgan fingerprint density at radius 2 is 1.81 bits per heavy atom. The fourth-order valence-electron chi connectivity index (χ4n) is 2.64. The molecular weight excluding hydrogens is 346 g/mol. The predicted molar refractivity (Wildman–Crippen MR) is 102 cm³/mol. The van der Waals surface area contributed by atoms with E-state index in [1.54, 1.807) is 38.4 Å². The number of fused-ring (bicyclic) bond motifs is 1. The van der Waals surface area contributed by atoms with Crippen LogP contribution in [0.1, 0.15) is 0 Å². The first-order chi connectivity index (χ1) is 13.1. The van der Waals surface area contributed by atoms with Crippen LogP contribution >= 0.6 is 0 Å². The molecule has 1 heterocycles. The van der Waals surface area contributed by atoms with Crippen molar-refractivity contribution in [2.45, 2.75) is 6.54 Å². The van der Waals surface area contributed by atoms with Gasteiger partial charge in [-0.3, -0.25) is 14.2 Å². The van der Waals surface area contributed by atoms with Gasteiger partial charge >= 0.3 is 0 Å². The van der Waals surface area contributed by atoms with E-state index in [0.29, 0.717) is 35.6 Å². The maximum atomic E-state index is 12.5. The van der Waals surface area contributed by atoms with E-state index in [-0.39, 0.29) is 18.0 Å². The van der Waals surface area contributed by atoms with Gasteiger partial charge in [0.1, 0.15) is 13.2 Å². The topological polar surface area (TPSA) is 73.7 Å². The second-order valence-electron chi connectivity index (χ2n) is 6.01. The Balaban J connectivity index is 1.59. The molecule has 3 rings (SSSR count). The van der Waals surface area contributed by atoms with Gasteiger partial charge in [-0.15, -0.1) is 0 Å². The van der Waals surface area contributed by atoms with Crippen LogP contribution in [0.5, 0.6) is 11.5 Å². The van der Waals surface area contributed by atoms with Crippen molar-refractivity contribution < 1.29 is 14.3 Å². The number of hydrogen-bond donors (Lipinski definition) is 0. The molecule has 0 atom stereocenters. The third-order valence-corrected chi connectivity index (χ3v) is 4.22. The Kier molecular flexibility index (Phi) is 5.71. The summed E-state index contributed by atoms with van der Waals surface area (Å²) in [6, 6.07) is 14.4. The molecule has 27 heavy (non-hydrogen) atoms. The number of hydrogen-bond acceptors (Lipinski definition) is 5. The zero-order valence-electron chi connectivity index (χ0n) is 15.3. The third kappa shape index (κ3) is 4.25. The van der Waals surface area contributed by atoms with Crippen molar-refractivity contribution in [3.8, 4) is 11.5 Å². The summed E-state index contributed by atoms with van der Waals surface area (Å²) in [5.41, 5.74) is 0.386. The number of ether oxygens (including phenoxy) is 2. The summed E-state index contributed by atoms with van der Waals surface area (Å²) in [4.78, 5) is 30.6. The van der Waals surface area contributed by atoms with E-state index in [2.05, 4.69) is 4.98 Å². The number of likely N-dealkylation sites (N-methyl/N-ethyl adjacent to an activating group) is 1. The molecule has 1 aromatic heterocycles. The van der Waals surface area contributed by atoms with E-state index in [4.69, 9.17) is 9.47 Å². The Hall–Kier alpha value is -3.35. The molecule has 2 aromatic carbocycles. The molecule has 7 heteroatoms. The van der Waals surface area contributed by atoms with Gasteiger partial charge in [0.15, 0.2) is 11.5 Å². The molecule has 0 N–H and O–H groups in total. The van der Waals surface area contributed by atoms with Crippen LogP contribution in [-0.2, 0) is 11.3 Å². The summed E-state index contributed by atoms with van der Waals surface area (Å²) in [5, 5.41) is 0.495. The Bertz CT molecular complexity index is 1000. The van der Waals surface area contributed by atoms with Crippen LogP contribution in [0.3, 0.4) is 0 Å². The van der Waals surface area contributed by atoms with Gasteiger partial charge < -0.3 is 14.4 Å². The summed E-state index contributed by atoms with van der Waals surface area (Å²) in [7, 11) is 3.25. The van der Waals surface area contributed by atoms with Crippen molar-refractivity contribution in [1.82, 2.24) is 14.5 Å². The first-order valence-corrected chi connectivity index (χ1v) is 8.54. The molecule has 0 spiro atoms. The van der Waals surface area contributed by atoms with E-state index in [9.17, 15) is 9.59 Å². The standard InChI is InChI=1S/C20H21N3O4/c1-22(11-12-27-18-10-6-5-9-17(18)26-2)19(24)13-23-14-21-16-8-4-3-7-15(16)20(23)25/h3-10,14H,11-13H2,1-2H3. The van der Waals surface area contributed by atoms with Gasteiger partial charge in [0.25, 0.3) is 5.56 Å². The minimum Gasteiger partial charge on any atom is -0.493 e. The summed E-state index contributed by atoms with van der Waals surface area (Å²) < 4.78 is 12.2. The molecule has 0 radical (unpaired) electrons. The first-order valence-electron chi connectivity index (χ1n) is 8.54. The second-order valence-corrected chi connectivity index (χ2v) is 6.01. The molecule has 0 fully saturated rings. The maximum Gasteiger partial charge on any atom is 0.261 e. The number of rotatable bonds is 7. The van der Waals surface area contributed by atoms with Crippen LogP contribution in [0.15, 0.2) is 59.7 Å². The predicted octanol–water partition coefficient (Wildman–Crippen LogP) is 1.94. The Labute approximate surface area is 156 Å². The van der Waals surface area contributed by atoms with Gasteiger partial charge in [0, 0.05) is 7.05 Å². The number of carbonyl (C=O) groups is 1. The molecule has 0 unspecified atom stereocenters. The van der Waals surface area contributed by atoms with E-state index in [0.717, 1.165) is 0 Å². The fraction of sp³-hybridized carbons (Fsp3) is 0.250. The molecule has 7 nitrogen and oxygen atoms in total. The van der Waals surface area contributed by atoms with E-state index in [1.807, 2.05) is 24.3 Å². The highest BCUT2D eigenvalue weighted by Crippen LogP contribution is 2.25. The number of benzene rings is 2. The lowest BCUT2D eigenvalue weighted by molar-refractivity contribution is -0.130. The molecule has 0 saturated heterocycles.